The summed E-state index contributed by atoms with van der Waals surface area (Å²) >= 11 is 0. The Morgan fingerprint density at radius 1 is 1.15 bits per heavy atom. The van der Waals surface area contributed by atoms with Gasteiger partial charge in [0.1, 0.15) is 0 Å². The van der Waals surface area contributed by atoms with E-state index in [0.717, 1.165) is 18.5 Å². The van der Waals surface area contributed by atoms with Gasteiger partial charge in [0.25, 0.3) is 11.5 Å². The van der Waals surface area contributed by atoms with E-state index in [0.29, 0.717) is 29.6 Å². The Hall–Kier alpha value is -2.99. The average Bonchev–Trinajstić information content (AvgIpc) is 2.74. The molecule has 0 spiro atoms. The van der Waals surface area contributed by atoms with Gasteiger partial charge in [0.2, 0.25) is 0 Å². The second kappa shape index (κ2) is 7.32. The molecule has 1 aliphatic rings. The summed E-state index contributed by atoms with van der Waals surface area (Å²) < 4.78 is 0. The van der Waals surface area contributed by atoms with Gasteiger partial charge in [0, 0.05) is 25.0 Å². The number of aryl methyl sites for hydroxylation is 1. The van der Waals surface area contributed by atoms with Crippen LogP contribution in [0.2, 0.25) is 0 Å². The van der Waals surface area contributed by atoms with E-state index in [4.69, 9.17) is 0 Å². The number of carbonyl (C=O) groups excluding carboxylic acids is 1. The van der Waals surface area contributed by atoms with Gasteiger partial charge in [-0.05, 0) is 23.6 Å². The number of H-pyrrole nitrogens is 1. The molecule has 2 N–H and O–H groups in total. The molecule has 2 heterocycles. The van der Waals surface area contributed by atoms with Gasteiger partial charge in [-0.25, -0.2) is 5.10 Å². The number of aromatic nitrogens is 2. The van der Waals surface area contributed by atoms with E-state index < -0.39 is 0 Å². The number of piperazine rings is 1. The smallest absolute Gasteiger partial charge is 0.275 e. The fraction of sp³-hybridized carbons (Fsp3) is 0.286. The molecule has 1 saturated heterocycles. The third-order valence-corrected chi connectivity index (χ3v) is 5.18. The molecule has 3 aromatic rings. The van der Waals surface area contributed by atoms with Gasteiger partial charge in [-0.15, -0.1) is 0 Å². The zero-order valence-electron chi connectivity index (χ0n) is 15.2. The van der Waals surface area contributed by atoms with Gasteiger partial charge in [0.15, 0.2) is 5.69 Å². The largest absolute Gasteiger partial charge is 0.328 e. The Labute approximate surface area is 157 Å². The fourth-order valence-corrected chi connectivity index (χ4v) is 3.63. The van der Waals surface area contributed by atoms with Crippen LogP contribution in [0, 0.1) is 0 Å². The Morgan fingerprint density at radius 2 is 1.89 bits per heavy atom. The molecule has 1 unspecified atom stereocenters. The summed E-state index contributed by atoms with van der Waals surface area (Å²) in [4.78, 5) is 27.2. The number of nitrogens with zero attached hydrogens (tertiary/aromatic N) is 2. The molecule has 138 valence electrons. The molecule has 2 aromatic carbocycles. The second-order valence-corrected chi connectivity index (χ2v) is 6.76. The van der Waals surface area contributed by atoms with E-state index in [-0.39, 0.29) is 17.5 Å². The third-order valence-electron chi connectivity index (χ3n) is 5.18. The molecule has 0 radical (unpaired) electrons. The summed E-state index contributed by atoms with van der Waals surface area (Å²) in [5.74, 6) is -0.159. The first-order chi connectivity index (χ1) is 13.2. The number of benzene rings is 2. The topological polar surface area (TPSA) is 78.1 Å². The van der Waals surface area contributed by atoms with Crippen molar-refractivity contribution in [3.63, 3.8) is 0 Å². The van der Waals surface area contributed by atoms with Crippen LogP contribution in [-0.4, -0.2) is 40.6 Å². The summed E-state index contributed by atoms with van der Waals surface area (Å²) in [6.07, 6.45) is 0.985. The summed E-state index contributed by atoms with van der Waals surface area (Å²) in [5, 5.41) is 11.0. The minimum Gasteiger partial charge on any atom is -0.328 e. The lowest BCUT2D eigenvalue weighted by molar-refractivity contribution is 0.0629. The van der Waals surface area contributed by atoms with Crippen molar-refractivity contribution in [2.45, 2.75) is 19.4 Å². The van der Waals surface area contributed by atoms with Crippen molar-refractivity contribution in [2.24, 2.45) is 0 Å². The van der Waals surface area contributed by atoms with Gasteiger partial charge < -0.3 is 10.2 Å². The number of hydrogen-bond acceptors (Lipinski definition) is 4. The molecule has 0 bridgehead atoms. The lowest BCUT2D eigenvalue weighted by atomic mass is 10.00. The number of rotatable bonds is 3. The van der Waals surface area contributed by atoms with Crippen LogP contribution in [0.4, 0.5) is 0 Å². The van der Waals surface area contributed by atoms with Crippen LogP contribution >= 0.6 is 0 Å². The quantitative estimate of drug-likeness (QED) is 0.749. The zero-order chi connectivity index (χ0) is 18.8. The van der Waals surface area contributed by atoms with E-state index in [1.165, 1.54) is 5.56 Å². The number of amides is 1. The molecule has 0 saturated carbocycles. The zero-order valence-corrected chi connectivity index (χ0v) is 15.2. The highest BCUT2D eigenvalue weighted by Gasteiger charge is 2.30. The maximum Gasteiger partial charge on any atom is 0.275 e. The summed E-state index contributed by atoms with van der Waals surface area (Å²) in [5.41, 5.74) is 2.38. The van der Waals surface area contributed by atoms with Gasteiger partial charge in [0.05, 0.1) is 11.4 Å². The Morgan fingerprint density at radius 3 is 2.63 bits per heavy atom. The first-order valence-corrected chi connectivity index (χ1v) is 9.27. The minimum absolute atomic E-state index is 0.0651. The van der Waals surface area contributed by atoms with E-state index in [2.05, 4.69) is 46.7 Å². The Balaban J connectivity index is 1.73. The molecule has 1 amide bonds. The molecule has 1 fully saturated rings. The van der Waals surface area contributed by atoms with Gasteiger partial charge in [-0.3, -0.25) is 9.59 Å². The third kappa shape index (κ3) is 3.24. The highest BCUT2D eigenvalue weighted by atomic mass is 16.2. The Bertz CT molecular complexity index is 1030. The van der Waals surface area contributed by atoms with Crippen LogP contribution in [0.5, 0.6) is 0 Å². The van der Waals surface area contributed by atoms with Crippen molar-refractivity contribution in [3.05, 3.63) is 75.7 Å². The summed E-state index contributed by atoms with van der Waals surface area (Å²) in [6, 6.07) is 15.4. The van der Waals surface area contributed by atoms with Crippen molar-refractivity contribution in [3.8, 4) is 0 Å². The molecule has 6 heteroatoms. The van der Waals surface area contributed by atoms with Crippen LogP contribution in [0.25, 0.3) is 10.8 Å². The number of nitrogens with one attached hydrogen (secondary N) is 2. The van der Waals surface area contributed by atoms with Gasteiger partial charge in [-0.2, -0.15) is 5.10 Å². The molecular weight excluding hydrogens is 340 g/mol. The monoisotopic (exact) mass is 362 g/mol. The summed E-state index contributed by atoms with van der Waals surface area (Å²) in [6.45, 7) is 4.14. The summed E-state index contributed by atoms with van der Waals surface area (Å²) in [7, 11) is 0. The highest BCUT2D eigenvalue weighted by Crippen LogP contribution is 2.25. The SMILES string of the molecule is CCc1ccc(C2CNCCN2C(=O)c2n[nH]c(=O)c3ccccc23)cc1. The second-order valence-electron chi connectivity index (χ2n) is 6.76. The van der Waals surface area contributed by atoms with Crippen LogP contribution in [0.15, 0.2) is 53.3 Å². The van der Waals surface area contributed by atoms with Crippen molar-refractivity contribution in [1.29, 1.82) is 0 Å². The molecule has 1 atom stereocenters. The van der Waals surface area contributed by atoms with Gasteiger partial charge in [-0.1, -0.05) is 49.4 Å². The van der Waals surface area contributed by atoms with Crippen molar-refractivity contribution < 1.29 is 4.79 Å². The first kappa shape index (κ1) is 17.4. The molecule has 6 nitrogen and oxygen atoms in total. The molecule has 4 rings (SSSR count). The molecular formula is C21H22N4O2. The lowest BCUT2D eigenvalue weighted by Crippen LogP contribution is -2.49. The first-order valence-electron chi connectivity index (χ1n) is 9.27. The molecule has 1 aromatic heterocycles. The Kier molecular flexibility index (Phi) is 4.73. The number of fused-ring (bicyclic) bond motifs is 1. The highest BCUT2D eigenvalue weighted by molar-refractivity contribution is 6.04. The maximum absolute atomic E-state index is 13.3. The number of hydrogen-bond donors (Lipinski definition) is 2. The van der Waals surface area contributed by atoms with Crippen molar-refractivity contribution >= 4 is 16.7 Å². The van der Waals surface area contributed by atoms with Crippen LogP contribution in [0.1, 0.15) is 34.6 Å². The molecule has 27 heavy (non-hydrogen) atoms. The predicted octanol–water partition coefficient (Wildman–Crippen LogP) is 2.27. The minimum atomic E-state index is -0.283. The van der Waals surface area contributed by atoms with Crippen LogP contribution < -0.4 is 10.9 Å². The fourth-order valence-electron chi connectivity index (χ4n) is 3.63. The van der Waals surface area contributed by atoms with Crippen molar-refractivity contribution in [1.82, 2.24) is 20.4 Å². The lowest BCUT2D eigenvalue weighted by Gasteiger charge is -2.36. The average molecular weight is 362 g/mol. The molecule has 0 aliphatic carbocycles. The van der Waals surface area contributed by atoms with E-state index in [9.17, 15) is 9.59 Å². The van der Waals surface area contributed by atoms with Crippen LogP contribution in [0.3, 0.4) is 0 Å². The number of aromatic amines is 1. The maximum atomic E-state index is 13.3. The van der Waals surface area contributed by atoms with E-state index >= 15 is 0 Å². The van der Waals surface area contributed by atoms with Crippen LogP contribution in [-0.2, 0) is 6.42 Å². The van der Waals surface area contributed by atoms with E-state index in [1.54, 1.807) is 18.2 Å². The van der Waals surface area contributed by atoms with Gasteiger partial charge >= 0.3 is 0 Å². The van der Waals surface area contributed by atoms with E-state index in [1.807, 2.05) is 11.0 Å². The number of carbonyl (C=O) groups is 1. The normalized spacial score (nSPS) is 17.2. The standard InChI is InChI=1S/C21H22N4O2/c1-2-14-7-9-15(10-8-14)18-13-22-11-12-25(18)21(27)19-16-5-3-4-6-17(16)20(26)24-23-19/h3-10,18,22H,2,11-13H2,1H3,(H,24,26). The van der Waals surface area contributed by atoms with Crippen molar-refractivity contribution in [2.75, 3.05) is 19.6 Å². The predicted molar refractivity (Wildman–Crippen MR) is 105 cm³/mol. The molecule has 1 aliphatic heterocycles.